The fraction of sp³-hybridized carbons (Fsp3) is 0.682. The van der Waals surface area contributed by atoms with Gasteiger partial charge in [-0.2, -0.15) is 0 Å². The van der Waals surface area contributed by atoms with Gasteiger partial charge in [-0.15, -0.1) is 12.4 Å². The zero-order valence-electron chi connectivity index (χ0n) is 18.1. The minimum Gasteiger partial charge on any atom is -0.491 e. The van der Waals surface area contributed by atoms with Crippen molar-refractivity contribution in [2.75, 3.05) is 6.61 Å². The van der Waals surface area contributed by atoms with Gasteiger partial charge in [0.1, 0.15) is 11.3 Å². The van der Waals surface area contributed by atoms with Crippen LogP contribution in [-0.4, -0.2) is 36.3 Å². The molecule has 1 aromatic carbocycles. The fourth-order valence-electron chi connectivity index (χ4n) is 3.64. The van der Waals surface area contributed by atoms with Crippen molar-refractivity contribution < 1.29 is 14.3 Å². The quantitative estimate of drug-likeness (QED) is 0.645. The Balaban J connectivity index is 0.00000392. The summed E-state index contributed by atoms with van der Waals surface area (Å²) in [4.78, 5) is 12.8. The number of nitrogens with one attached hydrogen (secondary N) is 1. The average Bonchev–Trinajstić information content (AvgIpc) is 2.60. The van der Waals surface area contributed by atoms with E-state index in [2.05, 4.69) is 17.4 Å². The molecule has 2 rings (SSSR count). The largest absolute Gasteiger partial charge is 0.491 e. The number of rotatable bonds is 9. The Morgan fingerprint density at radius 3 is 2.36 bits per heavy atom. The second-order valence-corrected chi connectivity index (χ2v) is 8.56. The van der Waals surface area contributed by atoms with E-state index in [0.717, 1.165) is 18.6 Å². The van der Waals surface area contributed by atoms with Crippen molar-refractivity contribution in [3.05, 3.63) is 29.8 Å². The number of hydrogen-bond acceptors (Lipinski definition) is 4. The van der Waals surface area contributed by atoms with E-state index in [1.807, 2.05) is 53.7 Å². The van der Waals surface area contributed by atoms with Gasteiger partial charge in [-0.1, -0.05) is 26.0 Å². The van der Waals surface area contributed by atoms with Crippen LogP contribution in [-0.2, 0) is 16.0 Å². The number of nitrogens with two attached hydrogens (primary N) is 1. The Labute approximate surface area is 176 Å². The summed E-state index contributed by atoms with van der Waals surface area (Å²) in [5, 5.41) is 3.10. The number of aryl methyl sites for hydroxylation is 1. The first-order chi connectivity index (χ1) is 12.6. The normalized spacial score (nSPS) is 24.1. The number of carbonyl (C=O) groups excluding carboxylic acids is 1. The molecule has 160 valence electrons. The topological polar surface area (TPSA) is 73.6 Å². The SMILES string of the molecule is CCOC1CC(N)(C(=O)NC(C)CCc2ccc(OC(C)C)cc2)C1(C)C.Cl. The Bertz CT molecular complexity index is 633. The monoisotopic (exact) mass is 412 g/mol. The van der Waals surface area contributed by atoms with Gasteiger partial charge >= 0.3 is 0 Å². The summed E-state index contributed by atoms with van der Waals surface area (Å²) in [6.07, 6.45) is 2.55. The molecule has 1 amide bonds. The molecule has 6 heteroatoms. The minimum absolute atomic E-state index is 0. The van der Waals surface area contributed by atoms with Crippen molar-refractivity contribution in [3.63, 3.8) is 0 Å². The maximum absolute atomic E-state index is 12.8. The van der Waals surface area contributed by atoms with Gasteiger partial charge in [0.05, 0.1) is 12.2 Å². The molecule has 0 aliphatic heterocycles. The molecule has 1 fully saturated rings. The summed E-state index contributed by atoms with van der Waals surface area (Å²) in [7, 11) is 0. The van der Waals surface area contributed by atoms with Crippen molar-refractivity contribution in [3.8, 4) is 5.75 Å². The highest BCUT2D eigenvalue weighted by Crippen LogP contribution is 2.49. The molecule has 0 aromatic heterocycles. The van der Waals surface area contributed by atoms with E-state index >= 15 is 0 Å². The Morgan fingerprint density at radius 2 is 1.86 bits per heavy atom. The van der Waals surface area contributed by atoms with Gasteiger partial charge in [-0.3, -0.25) is 4.79 Å². The van der Waals surface area contributed by atoms with Crippen LogP contribution >= 0.6 is 12.4 Å². The van der Waals surface area contributed by atoms with Crippen LogP contribution in [0.15, 0.2) is 24.3 Å². The third-order valence-electron chi connectivity index (χ3n) is 5.77. The number of carbonyl (C=O) groups is 1. The zero-order valence-corrected chi connectivity index (χ0v) is 18.9. The van der Waals surface area contributed by atoms with Crippen molar-refractivity contribution >= 4 is 18.3 Å². The zero-order chi connectivity index (χ0) is 20.2. The fourth-order valence-corrected chi connectivity index (χ4v) is 3.64. The first-order valence-electron chi connectivity index (χ1n) is 10.1. The van der Waals surface area contributed by atoms with E-state index in [1.165, 1.54) is 5.56 Å². The molecule has 3 atom stereocenters. The van der Waals surface area contributed by atoms with Crippen molar-refractivity contribution in [2.45, 2.75) is 84.6 Å². The highest BCUT2D eigenvalue weighted by atomic mass is 35.5. The summed E-state index contributed by atoms with van der Waals surface area (Å²) in [6, 6.07) is 8.22. The molecule has 0 heterocycles. The molecular weight excluding hydrogens is 376 g/mol. The predicted molar refractivity (Wildman–Crippen MR) is 116 cm³/mol. The van der Waals surface area contributed by atoms with Gasteiger partial charge < -0.3 is 20.5 Å². The van der Waals surface area contributed by atoms with Gasteiger partial charge in [-0.05, 0) is 58.2 Å². The van der Waals surface area contributed by atoms with E-state index in [0.29, 0.717) is 13.0 Å². The lowest BCUT2D eigenvalue weighted by molar-refractivity contribution is -0.171. The summed E-state index contributed by atoms with van der Waals surface area (Å²) in [5.41, 5.74) is 6.46. The van der Waals surface area contributed by atoms with Gasteiger partial charge in [0, 0.05) is 24.5 Å². The summed E-state index contributed by atoms with van der Waals surface area (Å²) in [6.45, 7) is 12.7. The average molecular weight is 413 g/mol. The molecule has 28 heavy (non-hydrogen) atoms. The molecule has 1 aliphatic rings. The van der Waals surface area contributed by atoms with Crippen LogP contribution in [0.25, 0.3) is 0 Å². The first kappa shape index (κ1) is 24.7. The standard InChI is InChI=1S/C22H36N2O3.ClH/c1-7-26-19-14-22(23,21(19,5)6)20(25)24-16(4)8-9-17-10-12-18(13-11-17)27-15(2)3;/h10-13,15-16,19H,7-9,14,23H2,1-6H3,(H,24,25);1H. The predicted octanol–water partition coefficient (Wildman–Crippen LogP) is 3.87. The molecule has 3 unspecified atom stereocenters. The van der Waals surface area contributed by atoms with Gasteiger partial charge in [-0.25, -0.2) is 0 Å². The van der Waals surface area contributed by atoms with Crippen molar-refractivity contribution in [1.82, 2.24) is 5.32 Å². The number of hydrogen-bond donors (Lipinski definition) is 2. The third kappa shape index (κ3) is 5.40. The molecule has 3 N–H and O–H groups in total. The number of benzene rings is 1. The maximum atomic E-state index is 12.8. The lowest BCUT2D eigenvalue weighted by Gasteiger charge is -2.57. The van der Waals surface area contributed by atoms with Crippen molar-refractivity contribution in [1.29, 1.82) is 0 Å². The summed E-state index contributed by atoms with van der Waals surface area (Å²) < 4.78 is 11.4. The Hall–Kier alpha value is -1.30. The second kappa shape index (κ2) is 9.95. The van der Waals surface area contributed by atoms with E-state index in [4.69, 9.17) is 15.2 Å². The second-order valence-electron chi connectivity index (χ2n) is 8.56. The van der Waals surface area contributed by atoms with E-state index in [-0.39, 0.29) is 42.0 Å². The smallest absolute Gasteiger partial charge is 0.241 e. The first-order valence-corrected chi connectivity index (χ1v) is 10.1. The van der Waals surface area contributed by atoms with Crippen LogP contribution in [0, 0.1) is 5.41 Å². The molecule has 0 spiro atoms. The van der Waals surface area contributed by atoms with Gasteiger partial charge in [0.2, 0.25) is 5.91 Å². The van der Waals surface area contributed by atoms with Crippen molar-refractivity contribution in [2.24, 2.45) is 11.1 Å². The van der Waals surface area contributed by atoms with Gasteiger partial charge in [0.25, 0.3) is 0 Å². The molecule has 0 bridgehead atoms. The number of halogens is 1. The molecule has 0 radical (unpaired) electrons. The number of amides is 1. The van der Waals surface area contributed by atoms with E-state index in [9.17, 15) is 4.79 Å². The Morgan fingerprint density at radius 1 is 1.25 bits per heavy atom. The molecule has 1 aliphatic carbocycles. The van der Waals surface area contributed by atoms with E-state index < -0.39 is 5.54 Å². The lowest BCUT2D eigenvalue weighted by Crippen LogP contribution is -2.76. The molecule has 1 saturated carbocycles. The van der Waals surface area contributed by atoms with Crippen LogP contribution < -0.4 is 15.8 Å². The third-order valence-corrected chi connectivity index (χ3v) is 5.77. The number of ether oxygens (including phenoxy) is 2. The highest BCUT2D eigenvalue weighted by molar-refractivity contribution is 5.89. The molecular formula is C22H37ClN2O3. The Kier molecular flexibility index (Phi) is 8.79. The summed E-state index contributed by atoms with van der Waals surface area (Å²) in [5.74, 6) is 0.813. The molecule has 0 saturated heterocycles. The minimum atomic E-state index is -0.864. The molecule has 1 aromatic rings. The maximum Gasteiger partial charge on any atom is 0.241 e. The van der Waals surface area contributed by atoms with Crippen LogP contribution in [0.4, 0.5) is 0 Å². The summed E-state index contributed by atoms with van der Waals surface area (Å²) >= 11 is 0. The van der Waals surface area contributed by atoms with Crippen LogP contribution in [0.1, 0.15) is 59.9 Å². The van der Waals surface area contributed by atoms with Crippen LogP contribution in [0.5, 0.6) is 5.75 Å². The molecule has 5 nitrogen and oxygen atoms in total. The van der Waals surface area contributed by atoms with Crippen LogP contribution in [0.2, 0.25) is 0 Å². The van der Waals surface area contributed by atoms with E-state index in [1.54, 1.807) is 0 Å². The van der Waals surface area contributed by atoms with Gasteiger partial charge in [0.15, 0.2) is 0 Å². The van der Waals surface area contributed by atoms with Crippen LogP contribution in [0.3, 0.4) is 0 Å². The lowest BCUT2D eigenvalue weighted by atomic mass is 9.54. The highest BCUT2D eigenvalue weighted by Gasteiger charge is 2.62.